The number of hydrogen-bond donors (Lipinski definition) is 1. The summed E-state index contributed by atoms with van der Waals surface area (Å²) < 4.78 is 10.4. The first-order chi connectivity index (χ1) is 15.5. The lowest BCUT2D eigenvalue weighted by Gasteiger charge is -2.18. The zero-order valence-electron chi connectivity index (χ0n) is 17.9. The van der Waals surface area contributed by atoms with Crippen molar-refractivity contribution in [3.05, 3.63) is 95.6 Å². The Bertz CT molecular complexity index is 1100. The number of carbonyl (C=O) groups excluding carboxylic acids is 2. The first-order valence-corrected chi connectivity index (χ1v) is 10.3. The fourth-order valence-corrected chi connectivity index (χ4v) is 4.11. The van der Waals surface area contributed by atoms with E-state index in [-0.39, 0.29) is 17.2 Å². The lowest BCUT2D eigenvalue weighted by atomic mass is 9.85. The summed E-state index contributed by atoms with van der Waals surface area (Å²) in [5.74, 6) is -0.0241. The highest BCUT2D eigenvalue weighted by molar-refractivity contribution is 5.88. The SMILES string of the molecule is COc1cc(/C=N\NC(=O)[C@@H]2CC2(c2ccccc2)c2ccccc2)ccc1OC(C)=O. The molecule has 0 heterocycles. The van der Waals surface area contributed by atoms with Gasteiger partial charge in [0.2, 0.25) is 5.91 Å². The van der Waals surface area contributed by atoms with Crippen LogP contribution < -0.4 is 14.9 Å². The van der Waals surface area contributed by atoms with Crippen LogP contribution in [0, 0.1) is 5.92 Å². The number of esters is 1. The standard InChI is InChI=1S/C26H24N2O4/c1-18(29)32-23-14-13-19(15-24(23)31-2)17-27-28-25(30)22-16-26(22,20-9-5-3-6-10-20)21-11-7-4-8-12-21/h3-15,17,22H,16H2,1-2H3,(H,28,30)/b27-17-/t22-/m0/s1. The highest BCUT2D eigenvalue weighted by atomic mass is 16.6. The normalized spacial score (nSPS) is 16.4. The lowest BCUT2D eigenvalue weighted by molar-refractivity contribution is -0.132. The molecule has 0 unspecified atom stereocenters. The van der Waals surface area contributed by atoms with E-state index in [1.807, 2.05) is 36.4 Å². The first-order valence-electron chi connectivity index (χ1n) is 10.3. The molecule has 0 radical (unpaired) electrons. The number of carbonyl (C=O) groups is 2. The number of rotatable bonds is 7. The van der Waals surface area contributed by atoms with Crippen LogP contribution in [0.25, 0.3) is 0 Å². The van der Waals surface area contributed by atoms with Crippen molar-refractivity contribution >= 4 is 18.1 Å². The van der Waals surface area contributed by atoms with Crippen LogP contribution >= 0.6 is 0 Å². The molecule has 1 aliphatic rings. The van der Waals surface area contributed by atoms with E-state index >= 15 is 0 Å². The molecule has 3 aromatic rings. The van der Waals surface area contributed by atoms with Gasteiger partial charge in [0.05, 0.1) is 19.2 Å². The van der Waals surface area contributed by atoms with Gasteiger partial charge in [-0.2, -0.15) is 5.10 Å². The Labute approximate surface area is 186 Å². The van der Waals surface area contributed by atoms with Gasteiger partial charge in [0.15, 0.2) is 11.5 Å². The van der Waals surface area contributed by atoms with Crippen molar-refractivity contribution < 1.29 is 19.1 Å². The topological polar surface area (TPSA) is 77.0 Å². The highest BCUT2D eigenvalue weighted by Gasteiger charge is 2.60. The fraction of sp³-hybridized carbons (Fsp3) is 0.192. The molecule has 0 spiro atoms. The van der Waals surface area contributed by atoms with Crippen LogP contribution in [0.15, 0.2) is 84.0 Å². The second-order valence-electron chi connectivity index (χ2n) is 7.70. The molecule has 0 aromatic heterocycles. The summed E-state index contributed by atoms with van der Waals surface area (Å²) in [5.41, 5.74) is 5.29. The Morgan fingerprint density at radius 3 is 2.16 bits per heavy atom. The number of hydrogen-bond acceptors (Lipinski definition) is 5. The minimum absolute atomic E-state index is 0.127. The number of amides is 1. The average Bonchev–Trinajstić information content (AvgIpc) is 3.58. The maximum Gasteiger partial charge on any atom is 0.308 e. The van der Waals surface area contributed by atoms with Crippen molar-refractivity contribution in [2.45, 2.75) is 18.8 Å². The number of nitrogens with one attached hydrogen (secondary N) is 1. The van der Waals surface area contributed by atoms with Crippen molar-refractivity contribution in [2.75, 3.05) is 7.11 Å². The van der Waals surface area contributed by atoms with E-state index in [9.17, 15) is 9.59 Å². The van der Waals surface area contributed by atoms with Crippen LogP contribution in [0.4, 0.5) is 0 Å². The maximum absolute atomic E-state index is 12.9. The first kappa shape index (κ1) is 21.3. The predicted molar refractivity (Wildman–Crippen MR) is 122 cm³/mol. The molecule has 0 bridgehead atoms. The van der Waals surface area contributed by atoms with Crippen molar-refractivity contribution in [3.8, 4) is 11.5 Å². The van der Waals surface area contributed by atoms with Gasteiger partial charge in [-0.15, -0.1) is 0 Å². The van der Waals surface area contributed by atoms with Gasteiger partial charge in [0.25, 0.3) is 0 Å². The molecule has 1 N–H and O–H groups in total. The smallest absolute Gasteiger partial charge is 0.308 e. The van der Waals surface area contributed by atoms with Gasteiger partial charge in [0.1, 0.15) is 0 Å². The van der Waals surface area contributed by atoms with Crippen molar-refractivity contribution in [1.29, 1.82) is 0 Å². The van der Waals surface area contributed by atoms with E-state index in [0.29, 0.717) is 17.1 Å². The molecule has 1 aliphatic carbocycles. The Morgan fingerprint density at radius 1 is 0.969 bits per heavy atom. The number of nitrogens with zero attached hydrogens (tertiary/aromatic N) is 1. The minimum atomic E-state index is -0.429. The average molecular weight is 428 g/mol. The van der Waals surface area contributed by atoms with E-state index in [2.05, 4.69) is 34.8 Å². The summed E-state index contributed by atoms with van der Waals surface area (Å²) in [6.45, 7) is 1.33. The largest absolute Gasteiger partial charge is 0.493 e. The van der Waals surface area contributed by atoms with E-state index in [0.717, 1.165) is 17.5 Å². The fourth-order valence-electron chi connectivity index (χ4n) is 4.11. The zero-order valence-corrected chi connectivity index (χ0v) is 17.9. The third kappa shape index (κ3) is 4.25. The quantitative estimate of drug-likeness (QED) is 0.266. The maximum atomic E-state index is 12.9. The van der Waals surface area contributed by atoms with Crippen LogP contribution in [0.5, 0.6) is 11.5 Å². The van der Waals surface area contributed by atoms with E-state index in [1.165, 1.54) is 20.2 Å². The van der Waals surface area contributed by atoms with Crippen LogP contribution in [-0.4, -0.2) is 25.2 Å². The summed E-state index contributed by atoms with van der Waals surface area (Å²) in [5, 5.41) is 4.13. The summed E-state index contributed by atoms with van der Waals surface area (Å²) in [4.78, 5) is 24.1. The Morgan fingerprint density at radius 2 is 1.59 bits per heavy atom. The molecule has 6 heteroatoms. The van der Waals surface area contributed by atoms with E-state index < -0.39 is 5.97 Å². The molecule has 0 saturated heterocycles. The van der Waals surface area contributed by atoms with Crippen molar-refractivity contribution in [2.24, 2.45) is 11.0 Å². The minimum Gasteiger partial charge on any atom is -0.493 e. The van der Waals surface area contributed by atoms with Crippen LogP contribution in [0.3, 0.4) is 0 Å². The van der Waals surface area contributed by atoms with Crippen LogP contribution in [0.1, 0.15) is 30.0 Å². The van der Waals surface area contributed by atoms with Crippen molar-refractivity contribution in [1.82, 2.24) is 5.43 Å². The van der Waals surface area contributed by atoms with Gasteiger partial charge in [-0.3, -0.25) is 9.59 Å². The molecule has 3 aromatic carbocycles. The Balaban J connectivity index is 1.49. The summed E-state index contributed by atoms with van der Waals surface area (Å²) in [7, 11) is 1.49. The van der Waals surface area contributed by atoms with E-state index in [1.54, 1.807) is 18.2 Å². The molecule has 32 heavy (non-hydrogen) atoms. The molecule has 4 rings (SSSR count). The monoisotopic (exact) mass is 428 g/mol. The number of methoxy groups -OCH3 is 1. The van der Waals surface area contributed by atoms with Gasteiger partial charge >= 0.3 is 5.97 Å². The van der Waals surface area contributed by atoms with E-state index in [4.69, 9.17) is 9.47 Å². The molecule has 6 nitrogen and oxygen atoms in total. The molecule has 1 amide bonds. The lowest BCUT2D eigenvalue weighted by Crippen LogP contribution is -2.25. The third-order valence-electron chi connectivity index (χ3n) is 5.68. The van der Waals surface area contributed by atoms with Gasteiger partial charge in [-0.25, -0.2) is 5.43 Å². The van der Waals surface area contributed by atoms with Crippen molar-refractivity contribution in [3.63, 3.8) is 0 Å². The summed E-state index contributed by atoms with van der Waals surface area (Å²) in [6, 6.07) is 25.3. The van der Waals surface area contributed by atoms with Gasteiger partial charge in [0, 0.05) is 12.3 Å². The number of benzene rings is 3. The molecular weight excluding hydrogens is 404 g/mol. The third-order valence-corrected chi connectivity index (χ3v) is 5.68. The van der Waals surface area contributed by atoms with Crippen LogP contribution in [0.2, 0.25) is 0 Å². The van der Waals surface area contributed by atoms with Gasteiger partial charge < -0.3 is 9.47 Å². The predicted octanol–water partition coefficient (Wildman–Crippen LogP) is 4.08. The molecular formula is C26H24N2O4. The second-order valence-corrected chi connectivity index (χ2v) is 7.70. The molecule has 0 aliphatic heterocycles. The molecule has 162 valence electrons. The van der Waals surface area contributed by atoms with Crippen LogP contribution in [-0.2, 0) is 15.0 Å². The zero-order chi connectivity index (χ0) is 22.6. The Kier molecular flexibility index (Phi) is 6.03. The molecule has 1 fully saturated rings. The highest BCUT2D eigenvalue weighted by Crippen LogP contribution is 2.58. The van der Waals surface area contributed by atoms with Gasteiger partial charge in [-0.05, 0) is 41.3 Å². The number of hydrazone groups is 1. The number of ether oxygens (including phenoxy) is 2. The molecule has 1 saturated carbocycles. The molecule has 1 atom stereocenters. The summed E-state index contributed by atoms with van der Waals surface area (Å²) >= 11 is 0. The summed E-state index contributed by atoms with van der Waals surface area (Å²) in [6.07, 6.45) is 2.26. The Hall–Kier alpha value is -3.93. The van der Waals surface area contributed by atoms with Gasteiger partial charge in [-0.1, -0.05) is 60.7 Å². The second kappa shape index (κ2) is 9.06.